The monoisotopic (exact) mass is 450 g/mol. The van der Waals surface area contributed by atoms with Crippen LogP contribution in [0, 0.1) is 12.3 Å². The van der Waals surface area contributed by atoms with Crippen molar-refractivity contribution in [2.75, 3.05) is 40.0 Å². The van der Waals surface area contributed by atoms with Crippen LogP contribution in [0.1, 0.15) is 35.1 Å². The molecule has 2 amide bonds. The molecule has 2 aliphatic heterocycles. The Kier molecular flexibility index (Phi) is 7.46. The summed E-state index contributed by atoms with van der Waals surface area (Å²) < 4.78 is 10.4. The molecule has 2 aromatic rings. The van der Waals surface area contributed by atoms with E-state index in [2.05, 4.69) is 55.5 Å². The summed E-state index contributed by atoms with van der Waals surface area (Å²) in [5.74, 6) is 0.196. The molecule has 2 aromatic carbocycles. The average Bonchev–Trinajstić information content (AvgIpc) is 2.94. The Labute approximate surface area is 196 Å². The van der Waals surface area contributed by atoms with Gasteiger partial charge in [0.1, 0.15) is 6.61 Å². The molecule has 0 radical (unpaired) electrons. The summed E-state index contributed by atoms with van der Waals surface area (Å²) in [5, 5.41) is 0. The first-order valence-corrected chi connectivity index (χ1v) is 11.8. The molecule has 1 saturated heterocycles. The van der Waals surface area contributed by atoms with Gasteiger partial charge in [0.25, 0.3) is 0 Å². The van der Waals surface area contributed by atoms with E-state index in [4.69, 9.17) is 9.47 Å². The summed E-state index contributed by atoms with van der Waals surface area (Å²) >= 11 is 0. The van der Waals surface area contributed by atoms with Crippen molar-refractivity contribution >= 4 is 11.8 Å². The highest BCUT2D eigenvalue weighted by Gasteiger charge is 2.46. The van der Waals surface area contributed by atoms with Gasteiger partial charge < -0.3 is 19.3 Å². The van der Waals surface area contributed by atoms with Crippen LogP contribution in [0.3, 0.4) is 0 Å². The Morgan fingerprint density at radius 3 is 2.39 bits per heavy atom. The van der Waals surface area contributed by atoms with Crippen molar-refractivity contribution in [3.8, 4) is 0 Å². The normalized spacial score (nSPS) is 17.7. The number of piperidine rings is 1. The molecule has 0 unspecified atom stereocenters. The number of benzene rings is 2. The number of likely N-dealkylation sites (tertiary alicyclic amines) is 1. The van der Waals surface area contributed by atoms with Gasteiger partial charge in [-0.05, 0) is 42.9 Å². The lowest BCUT2D eigenvalue weighted by Crippen LogP contribution is -2.51. The molecule has 0 N–H and O–H groups in total. The zero-order valence-corrected chi connectivity index (χ0v) is 19.7. The second kappa shape index (κ2) is 10.5. The van der Waals surface area contributed by atoms with Gasteiger partial charge in [-0.15, -0.1) is 0 Å². The number of carbonyl (C=O) groups excluding carboxylic acids is 2. The summed E-state index contributed by atoms with van der Waals surface area (Å²) in [7, 11) is 1.61. The highest BCUT2D eigenvalue weighted by molar-refractivity contribution is 5.85. The average molecular weight is 451 g/mol. The fraction of sp³-hybridized carbons (Fsp3) is 0.481. The molecule has 2 heterocycles. The molecule has 0 bridgehead atoms. The second-order valence-corrected chi connectivity index (χ2v) is 9.30. The van der Waals surface area contributed by atoms with Crippen LogP contribution in [0.2, 0.25) is 0 Å². The number of rotatable bonds is 7. The van der Waals surface area contributed by atoms with Crippen LogP contribution in [0.15, 0.2) is 48.5 Å². The summed E-state index contributed by atoms with van der Waals surface area (Å²) in [6.07, 6.45) is 2.08. The van der Waals surface area contributed by atoms with Crippen molar-refractivity contribution in [2.24, 2.45) is 5.41 Å². The molecule has 2 aliphatic rings. The highest BCUT2D eigenvalue weighted by atomic mass is 16.5. The molecule has 1 spiro atoms. The van der Waals surface area contributed by atoms with E-state index in [1.807, 2.05) is 9.80 Å². The molecule has 4 rings (SSSR count). The summed E-state index contributed by atoms with van der Waals surface area (Å²) in [6, 6.07) is 16.8. The maximum Gasteiger partial charge on any atom is 0.248 e. The van der Waals surface area contributed by atoms with Crippen LogP contribution in [-0.4, -0.2) is 61.6 Å². The number of carbonyl (C=O) groups is 2. The van der Waals surface area contributed by atoms with Crippen molar-refractivity contribution in [3.05, 3.63) is 70.8 Å². The standard InChI is InChI=1S/C27H34N2O4/c1-21-7-9-22(10-8-21)18-29-19-24-6-4-3-5-23(24)17-27(26(29)31)11-13-28(14-12-27)25(30)20-33-16-15-32-2/h3-10H,11-20H2,1-2H3. The number of nitrogens with zero attached hydrogens (tertiary/aromatic N) is 2. The van der Waals surface area contributed by atoms with Gasteiger partial charge in [-0.1, -0.05) is 54.1 Å². The van der Waals surface area contributed by atoms with Crippen molar-refractivity contribution < 1.29 is 19.1 Å². The van der Waals surface area contributed by atoms with Gasteiger partial charge in [-0.3, -0.25) is 9.59 Å². The minimum Gasteiger partial charge on any atom is -0.382 e. The number of hydrogen-bond acceptors (Lipinski definition) is 4. The molecular formula is C27H34N2O4. The number of methoxy groups -OCH3 is 1. The summed E-state index contributed by atoms with van der Waals surface area (Å²) in [4.78, 5) is 30.4. The quantitative estimate of drug-likeness (QED) is 0.607. The zero-order chi connectivity index (χ0) is 23.3. The molecule has 6 nitrogen and oxygen atoms in total. The molecule has 6 heteroatoms. The maximum absolute atomic E-state index is 14.0. The molecular weight excluding hydrogens is 416 g/mol. The lowest BCUT2D eigenvalue weighted by Gasteiger charge is -2.42. The Morgan fingerprint density at radius 1 is 1.00 bits per heavy atom. The Hall–Kier alpha value is -2.70. The predicted molar refractivity (Wildman–Crippen MR) is 127 cm³/mol. The number of ether oxygens (including phenoxy) is 2. The van der Waals surface area contributed by atoms with E-state index >= 15 is 0 Å². The summed E-state index contributed by atoms with van der Waals surface area (Å²) in [6.45, 7) is 5.41. The van der Waals surface area contributed by atoms with Crippen LogP contribution < -0.4 is 0 Å². The van der Waals surface area contributed by atoms with E-state index in [9.17, 15) is 9.59 Å². The fourth-order valence-electron chi connectivity index (χ4n) is 4.95. The topological polar surface area (TPSA) is 59.1 Å². The first-order valence-electron chi connectivity index (χ1n) is 11.8. The van der Waals surface area contributed by atoms with E-state index in [1.54, 1.807) is 7.11 Å². The van der Waals surface area contributed by atoms with Gasteiger partial charge in [0.15, 0.2) is 0 Å². The number of aryl methyl sites for hydroxylation is 1. The van der Waals surface area contributed by atoms with E-state index in [0.29, 0.717) is 52.2 Å². The Bertz CT molecular complexity index is 964. The van der Waals surface area contributed by atoms with E-state index < -0.39 is 5.41 Å². The van der Waals surface area contributed by atoms with Gasteiger partial charge in [0.2, 0.25) is 11.8 Å². The fourth-order valence-corrected chi connectivity index (χ4v) is 4.95. The first kappa shape index (κ1) is 23.5. The molecule has 0 aliphatic carbocycles. The van der Waals surface area contributed by atoms with Gasteiger partial charge in [0.05, 0.1) is 18.6 Å². The molecule has 0 atom stereocenters. The van der Waals surface area contributed by atoms with Crippen LogP contribution in [0.5, 0.6) is 0 Å². The highest BCUT2D eigenvalue weighted by Crippen LogP contribution is 2.41. The van der Waals surface area contributed by atoms with Crippen molar-refractivity contribution in [1.82, 2.24) is 9.80 Å². The van der Waals surface area contributed by atoms with Crippen molar-refractivity contribution in [3.63, 3.8) is 0 Å². The van der Waals surface area contributed by atoms with Crippen LogP contribution in [0.4, 0.5) is 0 Å². The van der Waals surface area contributed by atoms with Crippen molar-refractivity contribution in [1.29, 1.82) is 0 Å². The minimum absolute atomic E-state index is 0.0149. The Balaban J connectivity index is 1.50. The van der Waals surface area contributed by atoms with Crippen LogP contribution >= 0.6 is 0 Å². The molecule has 1 fully saturated rings. The van der Waals surface area contributed by atoms with E-state index in [-0.39, 0.29) is 18.4 Å². The zero-order valence-electron chi connectivity index (χ0n) is 19.7. The van der Waals surface area contributed by atoms with Gasteiger partial charge in [0, 0.05) is 33.3 Å². The van der Waals surface area contributed by atoms with Gasteiger partial charge >= 0.3 is 0 Å². The SMILES string of the molecule is COCCOCC(=O)N1CCC2(CC1)Cc1ccccc1CN(Cc1ccc(C)cc1)C2=O. The predicted octanol–water partition coefficient (Wildman–Crippen LogP) is 3.35. The van der Waals surface area contributed by atoms with Crippen molar-refractivity contribution in [2.45, 2.75) is 39.3 Å². The first-order chi connectivity index (χ1) is 16.0. The lowest BCUT2D eigenvalue weighted by molar-refractivity contribution is -0.150. The lowest BCUT2D eigenvalue weighted by atomic mass is 9.73. The van der Waals surface area contributed by atoms with E-state index in [0.717, 1.165) is 12.0 Å². The van der Waals surface area contributed by atoms with E-state index in [1.165, 1.54) is 16.7 Å². The third kappa shape index (κ3) is 5.45. The van der Waals surface area contributed by atoms with Gasteiger partial charge in [-0.2, -0.15) is 0 Å². The van der Waals surface area contributed by atoms with Crippen LogP contribution in [-0.2, 0) is 38.6 Å². The maximum atomic E-state index is 14.0. The number of fused-ring (bicyclic) bond motifs is 1. The summed E-state index contributed by atoms with van der Waals surface area (Å²) in [5.41, 5.74) is 4.36. The second-order valence-electron chi connectivity index (χ2n) is 9.30. The number of amides is 2. The smallest absolute Gasteiger partial charge is 0.248 e. The molecule has 0 saturated carbocycles. The third-order valence-electron chi connectivity index (χ3n) is 6.97. The van der Waals surface area contributed by atoms with Crippen LogP contribution in [0.25, 0.3) is 0 Å². The largest absolute Gasteiger partial charge is 0.382 e. The third-order valence-corrected chi connectivity index (χ3v) is 6.97. The number of hydrogen-bond donors (Lipinski definition) is 0. The Morgan fingerprint density at radius 2 is 1.70 bits per heavy atom. The molecule has 0 aromatic heterocycles. The van der Waals surface area contributed by atoms with Gasteiger partial charge in [-0.25, -0.2) is 0 Å². The minimum atomic E-state index is -0.467. The molecule has 33 heavy (non-hydrogen) atoms. The molecule has 176 valence electrons.